The van der Waals surface area contributed by atoms with Crippen molar-refractivity contribution in [3.63, 3.8) is 0 Å². The Morgan fingerprint density at radius 2 is 2.16 bits per heavy atom. The number of aromatic nitrogens is 2. The minimum Gasteiger partial charge on any atom is -0.476 e. The van der Waals surface area contributed by atoms with Crippen LogP contribution in [0.4, 0.5) is 0 Å². The number of carbonyl (C=O) groups is 1. The molecule has 0 aliphatic rings. The molecule has 4 nitrogen and oxygen atoms in total. The molecule has 0 aliphatic carbocycles. The normalized spacial score (nSPS) is 11.0. The van der Waals surface area contributed by atoms with Crippen LogP contribution in [0.5, 0.6) is 0 Å². The maximum Gasteiger partial charge on any atom is 0.357 e. The van der Waals surface area contributed by atoms with Crippen LogP contribution in [-0.2, 0) is 6.54 Å². The molecule has 6 heteroatoms. The van der Waals surface area contributed by atoms with Gasteiger partial charge in [-0.3, -0.25) is 4.68 Å². The molecule has 1 N–H and O–H groups in total. The van der Waals surface area contributed by atoms with Crippen LogP contribution in [0.15, 0.2) is 40.2 Å². The zero-order valence-electron chi connectivity index (χ0n) is 9.71. The summed E-state index contributed by atoms with van der Waals surface area (Å²) >= 11 is 5.09. The summed E-state index contributed by atoms with van der Waals surface area (Å²) < 4.78 is 2.75. The molecule has 0 fully saturated rings. The Bertz CT molecular complexity index is 763. The van der Waals surface area contributed by atoms with Crippen molar-refractivity contribution in [2.24, 2.45) is 0 Å². The van der Waals surface area contributed by atoms with Gasteiger partial charge in [0.05, 0.1) is 12.1 Å². The highest BCUT2D eigenvalue weighted by Gasteiger charge is 2.16. The van der Waals surface area contributed by atoms with Gasteiger partial charge in [0.25, 0.3) is 0 Å². The third-order valence-electron chi connectivity index (χ3n) is 2.84. The van der Waals surface area contributed by atoms with Crippen molar-refractivity contribution in [3.8, 4) is 0 Å². The third kappa shape index (κ3) is 2.17. The molecule has 0 unspecified atom stereocenters. The number of fused-ring (bicyclic) bond motifs is 1. The minimum atomic E-state index is -1.000. The molecule has 0 radical (unpaired) electrons. The average molecular weight is 337 g/mol. The Hall–Kier alpha value is -1.66. The van der Waals surface area contributed by atoms with Crippen LogP contribution in [0.1, 0.15) is 15.4 Å². The molecule has 0 spiro atoms. The van der Waals surface area contributed by atoms with E-state index < -0.39 is 5.97 Å². The number of thiophene rings is 1. The standard InChI is InChI=1S/C13H9BrN2O2S/c14-9-5-6-19-11(9)7-16-10-4-2-1-3-8(10)12(15-16)13(17)18/h1-6H,7H2,(H,17,18). The Labute approximate surface area is 121 Å². The highest BCUT2D eigenvalue weighted by atomic mass is 79.9. The van der Waals surface area contributed by atoms with Gasteiger partial charge < -0.3 is 5.11 Å². The molecule has 2 aromatic heterocycles. The molecular formula is C13H9BrN2O2S. The lowest BCUT2D eigenvalue weighted by molar-refractivity contribution is 0.0691. The lowest BCUT2D eigenvalue weighted by Crippen LogP contribution is -2.03. The van der Waals surface area contributed by atoms with Gasteiger partial charge in [-0.15, -0.1) is 11.3 Å². The SMILES string of the molecule is O=C(O)c1nn(Cc2sccc2Br)c2ccccc12. The Morgan fingerprint density at radius 3 is 2.84 bits per heavy atom. The van der Waals surface area contributed by atoms with E-state index in [-0.39, 0.29) is 5.69 Å². The maximum atomic E-state index is 11.2. The van der Waals surface area contributed by atoms with Crippen molar-refractivity contribution in [2.75, 3.05) is 0 Å². The van der Waals surface area contributed by atoms with Crippen LogP contribution in [0.25, 0.3) is 10.9 Å². The van der Waals surface area contributed by atoms with Gasteiger partial charge in [0.2, 0.25) is 0 Å². The molecule has 1 aromatic carbocycles. The number of carboxylic acid groups (broad SMARTS) is 1. The summed E-state index contributed by atoms with van der Waals surface area (Å²) in [6.45, 7) is 0.562. The Morgan fingerprint density at radius 1 is 1.37 bits per heavy atom. The number of para-hydroxylation sites is 1. The first-order valence-electron chi connectivity index (χ1n) is 5.57. The first-order valence-corrected chi connectivity index (χ1v) is 7.25. The number of hydrogen-bond acceptors (Lipinski definition) is 3. The molecule has 3 rings (SSSR count). The van der Waals surface area contributed by atoms with Gasteiger partial charge in [-0.25, -0.2) is 4.79 Å². The van der Waals surface area contributed by atoms with Gasteiger partial charge in [-0.2, -0.15) is 5.10 Å². The van der Waals surface area contributed by atoms with E-state index in [2.05, 4.69) is 21.0 Å². The molecule has 0 saturated heterocycles. The molecule has 0 bridgehead atoms. The van der Waals surface area contributed by atoms with Crippen molar-refractivity contribution >= 4 is 44.1 Å². The molecule has 0 amide bonds. The van der Waals surface area contributed by atoms with Crippen LogP contribution < -0.4 is 0 Å². The smallest absolute Gasteiger partial charge is 0.357 e. The van der Waals surface area contributed by atoms with E-state index in [1.165, 1.54) is 0 Å². The second kappa shape index (κ2) is 4.79. The van der Waals surface area contributed by atoms with E-state index in [0.717, 1.165) is 14.9 Å². The first-order chi connectivity index (χ1) is 9.16. The van der Waals surface area contributed by atoms with Gasteiger partial charge >= 0.3 is 5.97 Å². The number of benzene rings is 1. The fourth-order valence-corrected chi connectivity index (χ4v) is 3.44. The summed E-state index contributed by atoms with van der Waals surface area (Å²) in [7, 11) is 0. The van der Waals surface area contributed by atoms with Crippen LogP contribution in [0.2, 0.25) is 0 Å². The van der Waals surface area contributed by atoms with Crippen LogP contribution in [0.3, 0.4) is 0 Å². The summed E-state index contributed by atoms with van der Waals surface area (Å²) in [4.78, 5) is 12.3. The van der Waals surface area contributed by atoms with Crippen molar-refractivity contribution in [1.82, 2.24) is 9.78 Å². The number of nitrogens with zero attached hydrogens (tertiary/aromatic N) is 2. The lowest BCUT2D eigenvalue weighted by Gasteiger charge is -2.01. The highest BCUT2D eigenvalue weighted by Crippen LogP contribution is 2.26. The van der Waals surface area contributed by atoms with Crippen molar-refractivity contribution in [1.29, 1.82) is 0 Å². The molecule has 3 aromatic rings. The second-order valence-electron chi connectivity index (χ2n) is 4.02. The first kappa shape index (κ1) is 12.4. The maximum absolute atomic E-state index is 11.2. The topological polar surface area (TPSA) is 55.1 Å². The Kier molecular flexibility index (Phi) is 3.12. The second-order valence-corrected chi connectivity index (χ2v) is 5.88. The third-order valence-corrected chi connectivity index (χ3v) is 4.76. The summed E-state index contributed by atoms with van der Waals surface area (Å²) in [5.74, 6) is -1.000. The predicted octanol–water partition coefficient (Wildman–Crippen LogP) is 3.61. The van der Waals surface area contributed by atoms with Crippen LogP contribution >= 0.6 is 27.3 Å². The fourth-order valence-electron chi connectivity index (χ4n) is 1.98. The average Bonchev–Trinajstić information content (AvgIpc) is 2.96. The highest BCUT2D eigenvalue weighted by molar-refractivity contribution is 9.10. The molecule has 2 heterocycles. The van der Waals surface area contributed by atoms with Gasteiger partial charge in [0.1, 0.15) is 0 Å². The zero-order valence-corrected chi connectivity index (χ0v) is 12.1. The van der Waals surface area contributed by atoms with Crippen molar-refractivity contribution in [2.45, 2.75) is 6.54 Å². The van der Waals surface area contributed by atoms with E-state index in [1.54, 1.807) is 22.1 Å². The predicted molar refractivity (Wildman–Crippen MR) is 77.8 cm³/mol. The van der Waals surface area contributed by atoms with E-state index in [0.29, 0.717) is 11.9 Å². The summed E-state index contributed by atoms with van der Waals surface area (Å²) in [5, 5.41) is 16.1. The largest absolute Gasteiger partial charge is 0.476 e. The molecule has 0 atom stereocenters. The van der Waals surface area contributed by atoms with Crippen LogP contribution in [-0.4, -0.2) is 20.9 Å². The van der Waals surface area contributed by atoms with E-state index in [4.69, 9.17) is 0 Å². The van der Waals surface area contributed by atoms with Gasteiger partial charge in [0, 0.05) is 14.7 Å². The molecule has 0 aliphatic heterocycles. The number of hydrogen-bond donors (Lipinski definition) is 1. The summed E-state index contributed by atoms with van der Waals surface area (Å²) in [5.41, 5.74) is 0.934. The van der Waals surface area contributed by atoms with Gasteiger partial charge in [-0.05, 0) is 33.4 Å². The molecule has 0 saturated carbocycles. The van der Waals surface area contributed by atoms with Crippen molar-refractivity contribution < 1.29 is 9.90 Å². The zero-order chi connectivity index (χ0) is 13.4. The lowest BCUT2D eigenvalue weighted by atomic mass is 10.2. The molecular weight excluding hydrogens is 328 g/mol. The summed E-state index contributed by atoms with van der Waals surface area (Å²) in [6.07, 6.45) is 0. The van der Waals surface area contributed by atoms with E-state index in [1.807, 2.05) is 29.6 Å². The number of aromatic carboxylic acids is 1. The van der Waals surface area contributed by atoms with Crippen molar-refractivity contribution in [3.05, 3.63) is 50.8 Å². The molecule has 96 valence electrons. The molecule has 19 heavy (non-hydrogen) atoms. The van der Waals surface area contributed by atoms with Crippen LogP contribution in [0, 0.1) is 0 Å². The van der Waals surface area contributed by atoms with Gasteiger partial charge in [0.15, 0.2) is 5.69 Å². The Balaban J connectivity index is 2.14. The number of carboxylic acids is 1. The monoisotopic (exact) mass is 336 g/mol. The minimum absolute atomic E-state index is 0.100. The number of rotatable bonds is 3. The van der Waals surface area contributed by atoms with E-state index >= 15 is 0 Å². The number of halogens is 1. The quantitative estimate of drug-likeness (QED) is 0.794. The van der Waals surface area contributed by atoms with Gasteiger partial charge in [-0.1, -0.05) is 18.2 Å². The fraction of sp³-hybridized carbons (Fsp3) is 0.0769. The summed E-state index contributed by atoms with van der Waals surface area (Å²) in [6, 6.07) is 9.35. The van der Waals surface area contributed by atoms with E-state index in [9.17, 15) is 9.90 Å².